The number of nitro groups is 1. The zero-order chi connectivity index (χ0) is 20.3. The number of nitrogens with zero attached hydrogens (tertiary/aromatic N) is 2. The minimum atomic E-state index is -0.568. The van der Waals surface area contributed by atoms with Crippen LogP contribution in [0.2, 0.25) is 0 Å². The van der Waals surface area contributed by atoms with E-state index < -0.39 is 10.8 Å². The molecule has 0 spiro atoms. The highest BCUT2D eigenvalue weighted by Gasteiger charge is 2.35. The minimum absolute atomic E-state index is 0.0498. The minimum Gasteiger partial charge on any atom is -0.326 e. The molecular formula is C19H18N4O5. The molecule has 3 rings (SSSR count). The Morgan fingerprint density at radius 2 is 1.82 bits per heavy atom. The number of nitrogens with one attached hydrogen (secondary N) is 2. The Bertz CT molecular complexity index is 942. The quantitative estimate of drug-likeness (QED) is 0.608. The van der Waals surface area contributed by atoms with Gasteiger partial charge in [0.2, 0.25) is 17.7 Å². The first kappa shape index (κ1) is 19.0. The van der Waals surface area contributed by atoms with Crippen LogP contribution in [-0.4, -0.2) is 29.2 Å². The molecule has 3 amide bonds. The van der Waals surface area contributed by atoms with Crippen LogP contribution in [-0.2, 0) is 14.4 Å². The second kappa shape index (κ2) is 7.87. The highest BCUT2D eigenvalue weighted by molar-refractivity contribution is 6.03. The number of benzene rings is 2. The number of carbonyl (C=O) groups excluding carboxylic acids is 3. The Kier molecular flexibility index (Phi) is 5.35. The fourth-order valence-electron chi connectivity index (χ4n) is 3.00. The highest BCUT2D eigenvalue weighted by atomic mass is 16.6. The first-order chi connectivity index (χ1) is 13.3. The van der Waals surface area contributed by atoms with E-state index in [1.165, 1.54) is 30.0 Å². The van der Waals surface area contributed by atoms with Gasteiger partial charge in [-0.1, -0.05) is 6.07 Å². The van der Waals surface area contributed by atoms with Crippen LogP contribution in [0, 0.1) is 16.0 Å². The van der Waals surface area contributed by atoms with E-state index in [0.29, 0.717) is 17.1 Å². The maximum absolute atomic E-state index is 12.5. The summed E-state index contributed by atoms with van der Waals surface area (Å²) in [5.41, 5.74) is 1.43. The maximum Gasteiger partial charge on any atom is 0.271 e. The zero-order valence-corrected chi connectivity index (χ0v) is 15.0. The third-order valence-corrected chi connectivity index (χ3v) is 4.32. The third kappa shape index (κ3) is 4.32. The van der Waals surface area contributed by atoms with Crippen LogP contribution in [0.1, 0.15) is 13.3 Å². The lowest BCUT2D eigenvalue weighted by Crippen LogP contribution is -2.28. The Labute approximate surface area is 160 Å². The first-order valence-corrected chi connectivity index (χ1v) is 8.57. The van der Waals surface area contributed by atoms with Gasteiger partial charge in [0, 0.05) is 49.1 Å². The SMILES string of the molecule is CC(=O)Nc1ccc(N2CC(C(=O)Nc3cccc([N+](=O)[O-])c3)CC2=O)cc1. The first-order valence-electron chi connectivity index (χ1n) is 8.57. The summed E-state index contributed by atoms with van der Waals surface area (Å²) in [5, 5.41) is 16.1. The Morgan fingerprint density at radius 1 is 1.11 bits per heavy atom. The summed E-state index contributed by atoms with van der Waals surface area (Å²) in [6, 6.07) is 12.4. The van der Waals surface area contributed by atoms with Crippen LogP contribution in [0.15, 0.2) is 48.5 Å². The van der Waals surface area contributed by atoms with Crippen molar-refractivity contribution >= 4 is 40.5 Å². The number of anilines is 3. The van der Waals surface area contributed by atoms with Gasteiger partial charge in [-0.05, 0) is 30.3 Å². The monoisotopic (exact) mass is 382 g/mol. The van der Waals surface area contributed by atoms with Crippen molar-refractivity contribution in [1.29, 1.82) is 0 Å². The topological polar surface area (TPSA) is 122 Å². The molecule has 144 valence electrons. The maximum atomic E-state index is 12.5. The van der Waals surface area contributed by atoms with Gasteiger partial charge in [0.1, 0.15) is 0 Å². The highest BCUT2D eigenvalue weighted by Crippen LogP contribution is 2.27. The molecule has 1 heterocycles. The molecular weight excluding hydrogens is 364 g/mol. The molecule has 1 saturated heterocycles. The second-order valence-electron chi connectivity index (χ2n) is 6.43. The number of hydrogen-bond donors (Lipinski definition) is 2. The van der Waals surface area contributed by atoms with E-state index in [1.54, 1.807) is 30.3 Å². The molecule has 0 saturated carbocycles. The normalized spacial score (nSPS) is 16.0. The van der Waals surface area contributed by atoms with Crippen LogP contribution in [0.3, 0.4) is 0 Å². The van der Waals surface area contributed by atoms with Crippen molar-refractivity contribution in [2.24, 2.45) is 5.92 Å². The smallest absolute Gasteiger partial charge is 0.271 e. The molecule has 2 aromatic carbocycles. The molecule has 0 aliphatic carbocycles. The van der Waals surface area contributed by atoms with Gasteiger partial charge in [0.05, 0.1) is 10.8 Å². The van der Waals surface area contributed by atoms with Gasteiger partial charge in [0.15, 0.2) is 0 Å². The van der Waals surface area contributed by atoms with Crippen molar-refractivity contribution in [3.63, 3.8) is 0 Å². The largest absolute Gasteiger partial charge is 0.326 e. The summed E-state index contributed by atoms with van der Waals surface area (Å²) in [4.78, 5) is 47.7. The van der Waals surface area contributed by atoms with Crippen LogP contribution < -0.4 is 15.5 Å². The molecule has 2 N–H and O–H groups in total. The summed E-state index contributed by atoms with van der Waals surface area (Å²) >= 11 is 0. The number of hydrogen-bond acceptors (Lipinski definition) is 5. The summed E-state index contributed by atoms with van der Waals surface area (Å²) in [5.74, 6) is -1.32. The Balaban J connectivity index is 1.66. The van der Waals surface area contributed by atoms with Gasteiger partial charge in [-0.25, -0.2) is 0 Å². The fraction of sp³-hybridized carbons (Fsp3) is 0.211. The van der Waals surface area contributed by atoms with Crippen molar-refractivity contribution in [3.05, 3.63) is 58.6 Å². The molecule has 9 nitrogen and oxygen atoms in total. The van der Waals surface area contributed by atoms with Crippen molar-refractivity contribution in [1.82, 2.24) is 0 Å². The molecule has 0 bridgehead atoms. The fourth-order valence-corrected chi connectivity index (χ4v) is 3.00. The van der Waals surface area contributed by atoms with Crippen molar-refractivity contribution in [3.8, 4) is 0 Å². The van der Waals surface area contributed by atoms with Crippen LogP contribution >= 0.6 is 0 Å². The van der Waals surface area contributed by atoms with E-state index >= 15 is 0 Å². The molecule has 28 heavy (non-hydrogen) atoms. The summed E-state index contributed by atoms with van der Waals surface area (Å²) < 4.78 is 0. The average molecular weight is 382 g/mol. The molecule has 1 fully saturated rings. The number of nitro benzene ring substituents is 1. The molecule has 1 atom stereocenters. The van der Waals surface area contributed by atoms with E-state index in [2.05, 4.69) is 10.6 Å². The summed E-state index contributed by atoms with van der Waals surface area (Å²) in [6.07, 6.45) is 0.0498. The van der Waals surface area contributed by atoms with Gasteiger partial charge >= 0.3 is 0 Å². The molecule has 0 aromatic heterocycles. The van der Waals surface area contributed by atoms with Gasteiger partial charge < -0.3 is 15.5 Å². The van der Waals surface area contributed by atoms with E-state index in [0.717, 1.165) is 0 Å². The second-order valence-corrected chi connectivity index (χ2v) is 6.43. The molecule has 0 radical (unpaired) electrons. The van der Waals surface area contributed by atoms with Crippen molar-refractivity contribution in [2.75, 3.05) is 22.1 Å². The molecule has 1 unspecified atom stereocenters. The van der Waals surface area contributed by atoms with Gasteiger partial charge in [-0.15, -0.1) is 0 Å². The van der Waals surface area contributed by atoms with Gasteiger partial charge in [0.25, 0.3) is 5.69 Å². The van der Waals surface area contributed by atoms with E-state index in [1.807, 2.05) is 0 Å². The van der Waals surface area contributed by atoms with E-state index in [4.69, 9.17) is 0 Å². The lowest BCUT2D eigenvalue weighted by Gasteiger charge is -2.17. The lowest BCUT2D eigenvalue weighted by atomic mass is 10.1. The molecule has 1 aliphatic rings. The van der Waals surface area contributed by atoms with Gasteiger partial charge in [-0.3, -0.25) is 24.5 Å². The summed E-state index contributed by atoms with van der Waals surface area (Å²) in [6.45, 7) is 1.61. The number of rotatable bonds is 5. The summed E-state index contributed by atoms with van der Waals surface area (Å²) in [7, 11) is 0. The number of carbonyl (C=O) groups is 3. The predicted molar refractivity (Wildman–Crippen MR) is 103 cm³/mol. The number of non-ortho nitro benzene ring substituents is 1. The standard InChI is InChI=1S/C19H18N4O5/c1-12(24)20-14-5-7-16(8-6-14)22-11-13(9-18(22)25)19(26)21-15-3-2-4-17(10-15)23(27)28/h2-8,10,13H,9,11H2,1H3,(H,20,24)(H,21,26). The van der Waals surface area contributed by atoms with Crippen LogP contribution in [0.5, 0.6) is 0 Å². The van der Waals surface area contributed by atoms with Crippen LogP contribution in [0.4, 0.5) is 22.7 Å². The molecule has 9 heteroatoms. The van der Waals surface area contributed by atoms with E-state index in [9.17, 15) is 24.5 Å². The van der Waals surface area contributed by atoms with Crippen molar-refractivity contribution < 1.29 is 19.3 Å². The molecule has 1 aliphatic heterocycles. The lowest BCUT2D eigenvalue weighted by molar-refractivity contribution is -0.384. The Morgan fingerprint density at radius 3 is 2.46 bits per heavy atom. The molecule has 2 aromatic rings. The third-order valence-electron chi connectivity index (χ3n) is 4.32. The van der Waals surface area contributed by atoms with Gasteiger partial charge in [-0.2, -0.15) is 0 Å². The average Bonchev–Trinajstić information content (AvgIpc) is 3.04. The zero-order valence-electron chi connectivity index (χ0n) is 15.0. The Hall–Kier alpha value is -3.75. The van der Waals surface area contributed by atoms with E-state index in [-0.39, 0.29) is 36.4 Å². The number of amides is 3. The van der Waals surface area contributed by atoms with Crippen molar-refractivity contribution in [2.45, 2.75) is 13.3 Å². The predicted octanol–water partition coefficient (Wildman–Crippen LogP) is 2.54. The van der Waals surface area contributed by atoms with Crippen LogP contribution in [0.25, 0.3) is 0 Å².